The van der Waals surface area contributed by atoms with Gasteiger partial charge in [-0.25, -0.2) is 14.5 Å². The third-order valence-electron chi connectivity index (χ3n) is 5.53. The van der Waals surface area contributed by atoms with E-state index in [1.54, 1.807) is 15.9 Å². The number of nitrogens with zero attached hydrogens (tertiary/aromatic N) is 4. The van der Waals surface area contributed by atoms with Crippen LogP contribution in [0.2, 0.25) is 0 Å². The molecule has 0 saturated heterocycles. The summed E-state index contributed by atoms with van der Waals surface area (Å²) in [7, 11) is 0. The summed E-state index contributed by atoms with van der Waals surface area (Å²) < 4.78 is 3.23. The van der Waals surface area contributed by atoms with Gasteiger partial charge in [-0.2, -0.15) is 5.10 Å². The third kappa shape index (κ3) is 4.87. The Morgan fingerprint density at radius 1 is 1.26 bits per heavy atom. The first-order valence-corrected chi connectivity index (χ1v) is 11.4. The van der Waals surface area contributed by atoms with Crippen molar-refractivity contribution in [2.24, 2.45) is 0 Å². The summed E-state index contributed by atoms with van der Waals surface area (Å²) >= 11 is 1.57. The lowest BCUT2D eigenvalue weighted by Crippen LogP contribution is -2.51. The first-order chi connectivity index (χ1) is 14.8. The van der Waals surface area contributed by atoms with E-state index in [1.807, 2.05) is 56.5 Å². The number of benzene rings is 1. The van der Waals surface area contributed by atoms with Crippen LogP contribution in [-0.2, 0) is 24.3 Å². The van der Waals surface area contributed by atoms with Gasteiger partial charge in [-0.15, -0.1) is 11.3 Å². The number of carbonyl (C=O) groups is 1. The molecule has 3 aromatic rings. The smallest absolute Gasteiger partial charge is 0.346 e. The van der Waals surface area contributed by atoms with Crippen LogP contribution < -0.4 is 16.3 Å². The van der Waals surface area contributed by atoms with Gasteiger partial charge < -0.3 is 10.6 Å². The van der Waals surface area contributed by atoms with Gasteiger partial charge in [0.05, 0.1) is 17.2 Å². The number of para-hydroxylation sites is 1. The van der Waals surface area contributed by atoms with Gasteiger partial charge in [0.25, 0.3) is 0 Å². The lowest BCUT2D eigenvalue weighted by atomic mass is 10.0. The highest BCUT2D eigenvalue weighted by atomic mass is 32.1. The second-order valence-corrected chi connectivity index (χ2v) is 9.54. The van der Waals surface area contributed by atoms with Crippen molar-refractivity contribution in [3.05, 3.63) is 62.7 Å². The Bertz CT molecular complexity index is 1110. The summed E-state index contributed by atoms with van der Waals surface area (Å²) in [6.07, 6.45) is 2.09. The van der Waals surface area contributed by atoms with Crippen molar-refractivity contribution in [2.45, 2.75) is 64.7 Å². The van der Waals surface area contributed by atoms with Gasteiger partial charge in [0, 0.05) is 30.1 Å². The average Bonchev–Trinajstić information content (AvgIpc) is 3.20. The van der Waals surface area contributed by atoms with Crippen LogP contribution in [-0.4, -0.2) is 36.8 Å². The van der Waals surface area contributed by atoms with E-state index in [-0.39, 0.29) is 17.6 Å². The number of hydrogen-bond donors (Lipinski definition) is 2. The molecule has 2 aromatic heterocycles. The largest absolute Gasteiger partial charge is 0.372 e. The van der Waals surface area contributed by atoms with Gasteiger partial charge in [-0.05, 0) is 45.7 Å². The number of rotatable bonds is 6. The van der Waals surface area contributed by atoms with Crippen LogP contribution in [0.4, 0.5) is 5.69 Å². The Balaban J connectivity index is 1.38. The molecule has 0 fully saturated rings. The maximum atomic E-state index is 12.9. The van der Waals surface area contributed by atoms with Crippen molar-refractivity contribution in [1.82, 2.24) is 24.6 Å². The summed E-state index contributed by atoms with van der Waals surface area (Å²) in [5, 5.41) is 13.9. The highest BCUT2D eigenvalue weighted by Gasteiger charge is 2.30. The van der Waals surface area contributed by atoms with Crippen LogP contribution in [0.25, 0.3) is 0 Å². The minimum absolute atomic E-state index is 0.0000818. The molecule has 1 atom stereocenters. The molecular formula is C22H28N6O2S. The number of thiazole rings is 1. The summed E-state index contributed by atoms with van der Waals surface area (Å²) in [5.74, 6) is 0.715. The van der Waals surface area contributed by atoms with Crippen LogP contribution in [0.5, 0.6) is 0 Å². The van der Waals surface area contributed by atoms with Gasteiger partial charge in [0.1, 0.15) is 11.4 Å². The van der Waals surface area contributed by atoms with E-state index >= 15 is 0 Å². The van der Waals surface area contributed by atoms with Gasteiger partial charge in [-0.3, -0.25) is 9.36 Å². The van der Waals surface area contributed by atoms with Gasteiger partial charge in [0.2, 0.25) is 5.91 Å². The molecule has 0 bridgehead atoms. The average molecular weight is 441 g/mol. The van der Waals surface area contributed by atoms with Crippen LogP contribution in [0.3, 0.4) is 0 Å². The fourth-order valence-electron chi connectivity index (χ4n) is 3.81. The van der Waals surface area contributed by atoms with E-state index < -0.39 is 5.54 Å². The maximum absolute atomic E-state index is 12.9. The quantitative estimate of drug-likeness (QED) is 0.614. The van der Waals surface area contributed by atoms with Crippen LogP contribution >= 0.6 is 11.3 Å². The van der Waals surface area contributed by atoms with Crippen molar-refractivity contribution in [2.75, 3.05) is 5.32 Å². The molecule has 3 heterocycles. The monoisotopic (exact) mass is 440 g/mol. The number of anilines is 1. The van der Waals surface area contributed by atoms with Crippen LogP contribution in [0.15, 0.2) is 40.5 Å². The summed E-state index contributed by atoms with van der Waals surface area (Å²) in [4.78, 5) is 30.2. The fraction of sp³-hybridized carbons (Fsp3) is 0.455. The number of amides is 1. The van der Waals surface area contributed by atoms with Crippen molar-refractivity contribution in [3.63, 3.8) is 0 Å². The maximum Gasteiger partial charge on any atom is 0.346 e. The zero-order valence-electron chi connectivity index (χ0n) is 18.1. The molecule has 0 spiro atoms. The number of aromatic nitrogens is 4. The predicted octanol–water partition coefficient (Wildman–Crippen LogP) is 2.57. The standard InChI is InChI=1S/C22H28N6O2S/c1-15-23-18(14-31-15)13-28-21(30)27-12-11-16(9-10-19(27)26-28)24-20(29)22(2,3)25-17-7-5-4-6-8-17/h4-8,14,16,25H,9-13H2,1-3H3,(H,24,29). The molecule has 1 amide bonds. The third-order valence-corrected chi connectivity index (χ3v) is 6.35. The minimum atomic E-state index is -0.750. The predicted molar refractivity (Wildman–Crippen MR) is 121 cm³/mol. The lowest BCUT2D eigenvalue weighted by Gasteiger charge is -2.29. The summed E-state index contributed by atoms with van der Waals surface area (Å²) in [6.45, 7) is 6.63. The Morgan fingerprint density at radius 2 is 2.03 bits per heavy atom. The first kappa shape index (κ1) is 21.3. The van der Waals surface area contributed by atoms with Crippen molar-refractivity contribution in [1.29, 1.82) is 0 Å². The van der Waals surface area contributed by atoms with Gasteiger partial charge in [0.15, 0.2) is 0 Å². The molecule has 0 aliphatic carbocycles. The van der Waals surface area contributed by atoms with E-state index in [0.29, 0.717) is 25.9 Å². The van der Waals surface area contributed by atoms with E-state index in [1.165, 1.54) is 4.68 Å². The van der Waals surface area contributed by atoms with Crippen molar-refractivity contribution >= 4 is 22.9 Å². The van der Waals surface area contributed by atoms with E-state index in [4.69, 9.17) is 0 Å². The van der Waals surface area contributed by atoms with Crippen molar-refractivity contribution < 1.29 is 4.79 Å². The molecule has 1 unspecified atom stereocenters. The Hall–Kier alpha value is -2.94. The molecule has 31 heavy (non-hydrogen) atoms. The SMILES string of the molecule is Cc1nc(Cn2nc3n(c2=O)CCC(NC(=O)C(C)(C)Nc2ccccc2)CC3)cs1. The Labute approximate surface area is 185 Å². The van der Waals surface area contributed by atoms with Gasteiger partial charge in [-0.1, -0.05) is 18.2 Å². The first-order valence-electron chi connectivity index (χ1n) is 10.5. The second-order valence-electron chi connectivity index (χ2n) is 8.48. The minimum Gasteiger partial charge on any atom is -0.372 e. The Kier molecular flexibility index (Phi) is 5.95. The molecule has 9 heteroatoms. The topological polar surface area (TPSA) is 93.8 Å². The zero-order valence-corrected chi connectivity index (χ0v) is 18.9. The highest BCUT2D eigenvalue weighted by molar-refractivity contribution is 7.09. The molecule has 0 radical (unpaired) electrons. The van der Waals surface area contributed by atoms with Crippen LogP contribution in [0.1, 0.15) is 43.2 Å². The Morgan fingerprint density at radius 3 is 2.74 bits per heavy atom. The molecule has 1 aliphatic rings. The number of aryl methyl sites for hydroxylation is 2. The molecular weight excluding hydrogens is 412 g/mol. The zero-order chi connectivity index (χ0) is 22.0. The molecule has 1 aromatic carbocycles. The van der Waals surface area contributed by atoms with E-state index in [9.17, 15) is 9.59 Å². The van der Waals surface area contributed by atoms with E-state index in [0.717, 1.165) is 28.6 Å². The van der Waals surface area contributed by atoms with Gasteiger partial charge >= 0.3 is 5.69 Å². The highest BCUT2D eigenvalue weighted by Crippen LogP contribution is 2.17. The lowest BCUT2D eigenvalue weighted by molar-refractivity contribution is -0.125. The second kappa shape index (κ2) is 8.66. The summed E-state index contributed by atoms with van der Waals surface area (Å²) in [5.41, 5.74) is 0.897. The molecule has 2 N–H and O–H groups in total. The van der Waals surface area contributed by atoms with Crippen LogP contribution in [0, 0.1) is 6.92 Å². The fourth-order valence-corrected chi connectivity index (χ4v) is 4.42. The number of hydrogen-bond acceptors (Lipinski definition) is 6. The molecule has 0 saturated carbocycles. The normalized spacial score (nSPS) is 16.4. The summed E-state index contributed by atoms with van der Waals surface area (Å²) in [6, 6.07) is 9.70. The number of carbonyl (C=O) groups excluding carboxylic acids is 1. The molecule has 1 aliphatic heterocycles. The number of nitrogens with one attached hydrogen (secondary N) is 2. The number of fused-ring (bicyclic) bond motifs is 1. The molecule has 4 rings (SSSR count). The molecule has 8 nitrogen and oxygen atoms in total. The van der Waals surface area contributed by atoms with Crippen molar-refractivity contribution in [3.8, 4) is 0 Å². The van der Waals surface area contributed by atoms with E-state index in [2.05, 4.69) is 20.7 Å². The molecule has 164 valence electrons.